The molecule has 0 spiro atoms. The Morgan fingerprint density at radius 2 is 1.75 bits per heavy atom. The van der Waals surface area contributed by atoms with Crippen molar-refractivity contribution < 1.29 is 0 Å². The largest absolute Gasteiger partial charge is 0.378 e. The van der Waals surface area contributed by atoms with Gasteiger partial charge in [0.15, 0.2) is 0 Å². The van der Waals surface area contributed by atoms with Crippen LogP contribution in [0.4, 0.5) is 5.69 Å². The molecular weight excluding hydrogens is 388 g/mol. The van der Waals surface area contributed by atoms with Crippen LogP contribution in [0.5, 0.6) is 0 Å². The molecule has 2 aliphatic rings. The number of fused-ring (bicyclic) bond motifs is 2. The van der Waals surface area contributed by atoms with Gasteiger partial charge in [-0.25, -0.2) is 0 Å². The zero-order valence-electron chi connectivity index (χ0n) is 21.9. The number of allylic oxidation sites excluding steroid dienone is 9. The summed E-state index contributed by atoms with van der Waals surface area (Å²) >= 11 is 0. The summed E-state index contributed by atoms with van der Waals surface area (Å²) in [5, 5.41) is 0. The molecule has 0 amide bonds. The standard InChI is InChI=1S/C28H36N2.C2H6/c1-10-12-22(19(3)11-2)27-23-15-13-20(29(6)7)17-25(23)28(4,5)26-18-21(30(8)9)14-16-24(26)27;1-2/h10-18,20H,1H2,2-9H3;1-2H3/b19-11-,22-12+;. The van der Waals surface area contributed by atoms with E-state index < -0.39 is 0 Å². The molecule has 1 aromatic rings. The van der Waals surface area contributed by atoms with E-state index in [9.17, 15) is 0 Å². The fourth-order valence-corrected chi connectivity index (χ4v) is 4.50. The molecule has 2 heteroatoms. The molecule has 0 saturated carbocycles. The molecule has 1 unspecified atom stereocenters. The summed E-state index contributed by atoms with van der Waals surface area (Å²) in [7, 11) is 8.50. The highest BCUT2D eigenvalue weighted by atomic mass is 15.1. The van der Waals surface area contributed by atoms with Crippen LogP contribution in [0.3, 0.4) is 0 Å². The maximum atomic E-state index is 4.00. The Bertz CT molecular complexity index is 1010. The van der Waals surface area contributed by atoms with Gasteiger partial charge in [-0.15, -0.1) is 0 Å². The number of likely N-dealkylation sites (N-methyl/N-ethyl adjacent to an activating group) is 1. The molecule has 0 fully saturated rings. The van der Waals surface area contributed by atoms with Crippen molar-refractivity contribution in [2.75, 3.05) is 33.1 Å². The molecule has 32 heavy (non-hydrogen) atoms. The minimum absolute atomic E-state index is 0.0810. The summed E-state index contributed by atoms with van der Waals surface area (Å²) in [6.07, 6.45) is 13.3. The van der Waals surface area contributed by atoms with Gasteiger partial charge in [0.2, 0.25) is 0 Å². The minimum atomic E-state index is -0.0810. The van der Waals surface area contributed by atoms with E-state index in [1.165, 1.54) is 44.7 Å². The summed E-state index contributed by atoms with van der Waals surface area (Å²) in [5.41, 5.74) is 10.4. The average molecular weight is 431 g/mol. The molecule has 0 radical (unpaired) electrons. The van der Waals surface area contributed by atoms with E-state index >= 15 is 0 Å². The van der Waals surface area contributed by atoms with Crippen molar-refractivity contribution in [1.29, 1.82) is 0 Å². The smallest absolute Gasteiger partial charge is 0.0465 e. The van der Waals surface area contributed by atoms with Crippen molar-refractivity contribution in [1.82, 2.24) is 4.90 Å². The first kappa shape index (κ1) is 25.7. The van der Waals surface area contributed by atoms with Crippen LogP contribution in [0.15, 0.2) is 83.5 Å². The zero-order chi connectivity index (χ0) is 24.2. The third kappa shape index (κ3) is 4.61. The van der Waals surface area contributed by atoms with E-state index in [0.29, 0.717) is 6.04 Å². The van der Waals surface area contributed by atoms with Crippen molar-refractivity contribution in [3.63, 3.8) is 0 Å². The Kier molecular flexibility index (Phi) is 8.31. The molecule has 2 nitrogen and oxygen atoms in total. The topological polar surface area (TPSA) is 6.48 Å². The predicted molar refractivity (Wildman–Crippen MR) is 144 cm³/mol. The van der Waals surface area contributed by atoms with Gasteiger partial charge in [-0.05, 0) is 79.1 Å². The third-order valence-electron chi connectivity index (χ3n) is 6.50. The summed E-state index contributed by atoms with van der Waals surface area (Å²) in [6, 6.07) is 7.21. The molecule has 0 heterocycles. The van der Waals surface area contributed by atoms with Crippen LogP contribution < -0.4 is 4.90 Å². The Morgan fingerprint density at radius 3 is 2.28 bits per heavy atom. The summed E-state index contributed by atoms with van der Waals surface area (Å²) < 4.78 is 0. The first-order chi connectivity index (χ1) is 15.1. The highest BCUT2D eigenvalue weighted by Crippen LogP contribution is 2.51. The van der Waals surface area contributed by atoms with Crippen LogP contribution in [-0.4, -0.2) is 39.1 Å². The van der Waals surface area contributed by atoms with Gasteiger partial charge in [0, 0.05) is 31.2 Å². The summed E-state index contributed by atoms with van der Waals surface area (Å²) in [5.74, 6) is 0. The molecule has 0 saturated heterocycles. The predicted octanol–water partition coefficient (Wildman–Crippen LogP) is 7.33. The molecule has 0 N–H and O–H groups in total. The van der Waals surface area contributed by atoms with E-state index in [0.717, 1.165) is 0 Å². The minimum Gasteiger partial charge on any atom is -0.378 e. The molecule has 1 atom stereocenters. The lowest BCUT2D eigenvalue weighted by Crippen LogP contribution is -2.33. The number of nitrogens with zero attached hydrogens (tertiary/aromatic N) is 2. The Balaban J connectivity index is 0.00000176. The lowest BCUT2D eigenvalue weighted by Gasteiger charge is -2.41. The molecule has 172 valence electrons. The molecule has 0 bridgehead atoms. The van der Waals surface area contributed by atoms with Gasteiger partial charge in [-0.1, -0.05) is 76.8 Å². The van der Waals surface area contributed by atoms with Gasteiger partial charge in [-0.3, -0.25) is 4.90 Å². The van der Waals surface area contributed by atoms with Crippen LogP contribution in [0.2, 0.25) is 0 Å². The number of rotatable bonds is 5. The highest BCUT2D eigenvalue weighted by Gasteiger charge is 2.39. The first-order valence-electron chi connectivity index (χ1n) is 11.7. The maximum absolute atomic E-state index is 4.00. The highest BCUT2D eigenvalue weighted by molar-refractivity contribution is 5.95. The maximum Gasteiger partial charge on any atom is 0.0465 e. The number of anilines is 1. The van der Waals surface area contributed by atoms with Crippen LogP contribution in [0, 0.1) is 0 Å². The quantitative estimate of drug-likeness (QED) is 0.451. The second-order valence-electron chi connectivity index (χ2n) is 9.22. The fraction of sp³-hybridized carbons (Fsp3) is 0.400. The molecular formula is C30H42N2. The van der Waals surface area contributed by atoms with Gasteiger partial charge in [0.25, 0.3) is 0 Å². The molecule has 1 aromatic carbocycles. The third-order valence-corrected chi connectivity index (χ3v) is 6.50. The van der Waals surface area contributed by atoms with Crippen molar-refractivity contribution in [3.8, 4) is 0 Å². The van der Waals surface area contributed by atoms with E-state index in [1.54, 1.807) is 0 Å². The van der Waals surface area contributed by atoms with Crippen molar-refractivity contribution >= 4 is 11.3 Å². The van der Waals surface area contributed by atoms with Gasteiger partial charge >= 0.3 is 0 Å². The van der Waals surface area contributed by atoms with E-state index in [1.807, 2.05) is 19.9 Å². The molecule has 2 aliphatic carbocycles. The van der Waals surface area contributed by atoms with Crippen molar-refractivity contribution in [3.05, 3.63) is 94.7 Å². The van der Waals surface area contributed by atoms with Gasteiger partial charge < -0.3 is 4.90 Å². The summed E-state index contributed by atoms with van der Waals surface area (Å²) in [4.78, 5) is 4.45. The van der Waals surface area contributed by atoms with Crippen LogP contribution in [-0.2, 0) is 5.41 Å². The van der Waals surface area contributed by atoms with Gasteiger partial charge in [-0.2, -0.15) is 0 Å². The zero-order valence-corrected chi connectivity index (χ0v) is 21.9. The SMILES string of the molecule is C=C/C=C(C1=C2C=CC(N(C)C)C=C2C(C)(C)c2cc(N(C)C)ccc21)\C(C)=C/C.CC. The van der Waals surface area contributed by atoms with Crippen LogP contribution in [0.1, 0.15) is 52.7 Å². The number of hydrogen-bond acceptors (Lipinski definition) is 2. The normalized spacial score (nSPS) is 19.6. The molecule has 0 aliphatic heterocycles. The number of benzene rings is 1. The van der Waals surface area contributed by atoms with Crippen molar-refractivity contribution in [2.24, 2.45) is 0 Å². The lowest BCUT2D eigenvalue weighted by molar-refractivity contribution is 0.386. The Labute approximate surface area is 197 Å². The molecule has 0 aromatic heterocycles. The number of hydrogen-bond donors (Lipinski definition) is 0. The van der Waals surface area contributed by atoms with Gasteiger partial charge in [0.1, 0.15) is 0 Å². The monoisotopic (exact) mass is 430 g/mol. The van der Waals surface area contributed by atoms with Crippen LogP contribution >= 0.6 is 0 Å². The second-order valence-corrected chi connectivity index (χ2v) is 9.22. The van der Waals surface area contributed by atoms with E-state index in [2.05, 4.69) is 121 Å². The Morgan fingerprint density at radius 1 is 1.09 bits per heavy atom. The second kappa shape index (κ2) is 10.4. The van der Waals surface area contributed by atoms with E-state index in [-0.39, 0.29) is 5.41 Å². The summed E-state index contributed by atoms with van der Waals surface area (Å²) in [6.45, 7) is 17.0. The average Bonchev–Trinajstić information content (AvgIpc) is 2.78. The van der Waals surface area contributed by atoms with Gasteiger partial charge in [0.05, 0.1) is 0 Å². The fourth-order valence-electron chi connectivity index (χ4n) is 4.50. The van der Waals surface area contributed by atoms with Crippen LogP contribution in [0.25, 0.3) is 5.57 Å². The van der Waals surface area contributed by atoms with Crippen molar-refractivity contribution in [2.45, 2.75) is 53.0 Å². The molecule has 3 rings (SSSR count). The first-order valence-corrected chi connectivity index (χ1v) is 11.7. The lowest BCUT2D eigenvalue weighted by atomic mass is 9.63. The Hall–Kier alpha value is -2.58. The van der Waals surface area contributed by atoms with E-state index in [4.69, 9.17) is 0 Å².